The lowest BCUT2D eigenvalue weighted by Gasteiger charge is -2.43. The highest BCUT2D eigenvalue weighted by Crippen LogP contribution is 2.25. The van der Waals surface area contributed by atoms with Crippen molar-refractivity contribution in [3.8, 4) is 0 Å². The Morgan fingerprint density at radius 2 is 1.41 bits per heavy atom. The van der Waals surface area contributed by atoms with Crippen LogP contribution in [-0.2, 0) is 16.0 Å². The van der Waals surface area contributed by atoms with Crippen molar-refractivity contribution < 1.29 is 9.59 Å². The van der Waals surface area contributed by atoms with Crippen LogP contribution in [0.4, 0.5) is 0 Å². The molecule has 0 spiro atoms. The van der Waals surface area contributed by atoms with E-state index in [-0.39, 0.29) is 11.8 Å². The monoisotopic (exact) mass is 434 g/mol. The van der Waals surface area contributed by atoms with Gasteiger partial charge < -0.3 is 9.80 Å². The van der Waals surface area contributed by atoms with Gasteiger partial charge in [0, 0.05) is 58.4 Å². The van der Waals surface area contributed by atoms with E-state index < -0.39 is 0 Å². The molecule has 6 heteroatoms. The summed E-state index contributed by atoms with van der Waals surface area (Å²) < 4.78 is 0. The first-order valence-corrected chi connectivity index (χ1v) is 12.2. The van der Waals surface area contributed by atoms with Crippen LogP contribution < -0.4 is 0 Å². The summed E-state index contributed by atoms with van der Waals surface area (Å²) in [5.41, 5.74) is 1.06. The van der Waals surface area contributed by atoms with E-state index in [1.165, 1.54) is 30.0 Å². The Morgan fingerprint density at radius 3 is 2.09 bits per heavy atom. The van der Waals surface area contributed by atoms with Crippen LogP contribution in [0.3, 0.4) is 0 Å². The van der Waals surface area contributed by atoms with E-state index >= 15 is 0 Å². The number of rotatable bonds is 5. The first kappa shape index (κ1) is 21.4. The Morgan fingerprint density at radius 1 is 0.750 bits per heavy atom. The average Bonchev–Trinajstić information content (AvgIpc) is 2.79. The average molecular weight is 435 g/mol. The molecule has 0 unspecified atom stereocenters. The van der Waals surface area contributed by atoms with Crippen LogP contribution in [0.2, 0.25) is 0 Å². The Balaban J connectivity index is 1.06. The highest BCUT2D eigenvalue weighted by molar-refractivity contribution is 5.85. The minimum absolute atomic E-state index is 0.179. The van der Waals surface area contributed by atoms with E-state index in [4.69, 9.17) is 0 Å². The molecule has 0 aromatic heterocycles. The van der Waals surface area contributed by atoms with Gasteiger partial charge in [0.05, 0.1) is 13.0 Å². The molecule has 6 nitrogen and oxygen atoms in total. The number of carbonyl (C=O) groups excluding carboxylic acids is 2. The van der Waals surface area contributed by atoms with Gasteiger partial charge in [-0.1, -0.05) is 48.9 Å². The second kappa shape index (κ2) is 9.59. The molecule has 3 fully saturated rings. The van der Waals surface area contributed by atoms with Crippen LogP contribution in [0.15, 0.2) is 42.5 Å². The quantitative estimate of drug-likeness (QED) is 0.724. The number of carbonyl (C=O) groups is 2. The van der Waals surface area contributed by atoms with Crippen molar-refractivity contribution in [1.82, 2.24) is 19.6 Å². The topological polar surface area (TPSA) is 47.1 Å². The minimum atomic E-state index is 0.179. The van der Waals surface area contributed by atoms with Gasteiger partial charge in [-0.25, -0.2) is 0 Å². The van der Waals surface area contributed by atoms with E-state index in [0.717, 1.165) is 50.9 Å². The normalized spacial score (nSPS) is 21.0. The summed E-state index contributed by atoms with van der Waals surface area (Å²) in [5.74, 6) is 0.424. The third-order valence-corrected chi connectivity index (χ3v) is 7.51. The van der Waals surface area contributed by atoms with Gasteiger partial charge in [0.2, 0.25) is 11.8 Å². The van der Waals surface area contributed by atoms with Crippen molar-refractivity contribution in [3.63, 3.8) is 0 Å². The Kier molecular flexibility index (Phi) is 6.42. The van der Waals surface area contributed by atoms with Crippen molar-refractivity contribution in [2.24, 2.45) is 0 Å². The smallest absolute Gasteiger partial charge is 0.236 e. The molecule has 170 valence electrons. The van der Waals surface area contributed by atoms with E-state index in [1.807, 2.05) is 21.9 Å². The van der Waals surface area contributed by atoms with Crippen LogP contribution in [0, 0.1) is 0 Å². The maximum atomic E-state index is 12.8. The molecule has 1 saturated carbocycles. The molecular weight excluding hydrogens is 400 g/mol. The summed E-state index contributed by atoms with van der Waals surface area (Å²) >= 11 is 0. The van der Waals surface area contributed by atoms with E-state index in [1.54, 1.807) is 0 Å². The van der Waals surface area contributed by atoms with Gasteiger partial charge in [0.25, 0.3) is 0 Å². The van der Waals surface area contributed by atoms with Crippen LogP contribution in [-0.4, -0.2) is 96.4 Å². The number of hydrogen-bond acceptors (Lipinski definition) is 4. The molecule has 32 heavy (non-hydrogen) atoms. The van der Waals surface area contributed by atoms with Crippen molar-refractivity contribution in [3.05, 3.63) is 48.0 Å². The standard InChI is InChI=1S/C26H34N4O2/c31-25(19-21-8-9-22-4-1-2-5-23(22)18-21)29-12-10-27(11-13-29)20-26(32)30-16-14-28(15-17-30)24-6-3-7-24/h1-2,4-5,8-9,18,24H,3,6-7,10-17,19-20H2. The Bertz CT molecular complexity index is 957. The van der Waals surface area contributed by atoms with Crippen molar-refractivity contribution in [2.45, 2.75) is 31.7 Å². The minimum Gasteiger partial charge on any atom is -0.340 e. The zero-order valence-corrected chi connectivity index (χ0v) is 18.9. The Hall–Kier alpha value is -2.44. The van der Waals surface area contributed by atoms with Crippen LogP contribution in [0.5, 0.6) is 0 Å². The van der Waals surface area contributed by atoms with Crippen LogP contribution >= 0.6 is 0 Å². The van der Waals surface area contributed by atoms with Gasteiger partial charge in [0.1, 0.15) is 0 Å². The second-order valence-corrected chi connectivity index (χ2v) is 9.52. The third kappa shape index (κ3) is 4.81. The van der Waals surface area contributed by atoms with Gasteiger partial charge in [-0.2, -0.15) is 0 Å². The number of amides is 2. The molecule has 5 rings (SSSR count). The molecule has 0 atom stereocenters. The zero-order chi connectivity index (χ0) is 21.9. The molecular formula is C26H34N4O2. The summed E-state index contributed by atoms with van der Waals surface area (Å²) in [5, 5.41) is 2.38. The predicted molar refractivity (Wildman–Crippen MR) is 126 cm³/mol. The van der Waals surface area contributed by atoms with Crippen molar-refractivity contribution in [2.75, 3.05) is 58.9 Å². The highest BCUT2D eigenvalue weighted by atomic mass is 16.2. The maximum absolute atomic E-state index is 12.8. The van der Waals surface area contributed by atoms with Gasteiger partial charge in [-0.05, 0) is 29.2 Å². The fraction of sp³-hybridized carbons (Fsp3) is 0.538. The van der Waals surface area contributed by atoms with E-state index in [9.17, 15) is 9.59 Å². The van der Waals surface area contributed by atoms with Gasteiger partial charge in [-0.15, -0.1) is 0 Å². The van der Waals surface area contributed by atoms with Gasteiger partial charge in [-0.3, -0.25) is 19.4 Å². The summed E-state index contributed by atoms with van der Waals surface area (Å²) in [4.78, 5) is 34.4. The molecule has 2 aromatic rings. The van der Waals surface area contributed by atoms with Crippen LogP contribution in [0.25, 0.3) is 10.8 Å². The summed E-state index contributed by atoms with van der Waals surface area (Å²) in [7, 11) is 0. The fourth-order valence-corrected chi connectivity index (χ4v) is 5.17. The van der Waals surface area contributed by atoms with E-state index in [2.05, 4.69) is 40.1 Å². The molecule has 3 aliphatic rings. The van der Waals surface area contributed by atoms with Crippen molar-refractivity contribution in [1.29, 1.82) is 0 Å². The highest BCUT2D eigenvalue weighted by Gasteiger charge is 2.30. The number of piperazine rings is 2. The molecule has 0 bridgehead atoms. The van der Waals surface area contributed by atoms with Crippen LogP contribution in [0.1, 0.15) is 24.8 Å². The number of hydrogen-bond donors (Lipinski definition) is 0. The number of fused-ring (bicyclic) bond motifs is 1. The molecule has 0 N–H and O–H groups in total. The lowest BCUT2D eigenvalue weighted by atomic mass is 9.91. The molecule has 2 amide bonds. The molecule has 1 aliphatic carbocycles. The summed E-state index contributed by atoms with van der Waals surface area (Å²) in [6.45, 7) is 7.20. The first-order chi connectivity index (χ1) is 15.7. The summed E-state index contributed by atoms with van der Waals surface area (Å²) in [6.07, 6.45) is 4.46. The first-order valence-electron chi connectivity index (χ1n) is 12.2. The number of nitrogens with zero attached hydrogens (tertiary/aromatic N) is 4. The predicted octanol–water partition coefficient (Wildman–Crippen LogP) is 2.22. The lowest BCUT2D eigenvalue weighted by Crippen LogP contribution is -2.56. The SMILES string of the molecule is O=C(Cc1ccc2ccccc2c1)N1CCN(CC(=O)N2CCN(C3CCC3)CC2)CC1. The van der Waals surface area contributed by atoms with E-state index in [0.29, 0.717) is 26.1 Å². The van der Waals surface area contributed by atoms with Gasteiger partial charge in [0.15, 0.2) is 0 Å². The van der Waals surface area contributed by atoms with Gasteiger partial charge >= 0.3 is 0 Å². The van der Waals surface area contributed by atoms with Crippen molar-refractivity contribution >= 4 is 22.6 Å². The molecule has 2 aliphatic heterocycles. The zero-order valence-electron chi connectivity index (χ0n) is 18.9. The summed E-state index contributed by atoms with van der Waals surface area (Å²) in [6, 6.07) is 15.3. The second-order valence-electron chi connectivity index (χ2n) is 9.52. The Labute approximate surface area is 190 Å². The number of benzene rings is 2. The molecule has 2 aromatic carbocycles. The lowest BCUT2D eigenvalue weighted by molar-refractivity contribution is -0.136. The maximum Gasteiger partial charge on any atom is 0.236 e. The largest absolute Gasteiger partial charge is 0.340 e. The molecule has 2 heterocycles. The third-order valence-electron chi connectivity index (χ3n) is 7.51. The molecule has 0 radical (unpaired) electrons. The fourth-order valence-electron chi connectivity index (χ4n) is 5.17. The molecule has 2 saturated heterocycles.